The summed E-state index contributed by atoms with van der Waals surface area (Å²) < 4.78 is 5.86. The van der Waals surface area contributed by atoms with Crippen molar-refractivity contribution in [3.05, 3.63) is 12.2 Å². The molecule has 2 aliphatic rings. The minimum atomic E-state index is 0.0809. The fourth-order valence-electron chi connectivity index (χ4n) is 4.64. The second kappa shape index (κ2) is 12.2. The van der Waals surface area contributed by atoms with Gasteiger partial charge in [0.05, 0.1) is 12.0 Å². The summed E-state index contributed by atoms with van der Waals surface area (Å²) in [7, 11) is 0. The Kier molecular flexibility index (Phi) is 9.82. The van der Waals surface area contributed by atoms with E-state index < -0.39 is 0 Å². The van der Waals surface area contributed by atoms with Gasteiger partial charge in [-0.15, -0.1) is 0 Å². The van der Waals surface area contributed by atoms with Crippen LogP contribution in [0.25, 0.3) is 0 Å². The summed E-state index contributed by atoms with van der Waals surface area (Å²) in [5.41, 5.74) is 0. The molecule has 0 aromatic carbocycles. The Morgan fingerprint density at radius 1 is 1.00 bits per heavy atom. The molecule has 26 heavy (non-hydrogen) atoms. The lowest BCUT2D eigenvalue weighted by Crippen LogP contribution is -2.30. The van der Waals surface area contributed by atoms with Crippen LogP contribution in [-0.2, 0) is 9.53 Å². The number of rotatable bonds is 9. The van der Waals surface area contributed by atoms with Crippen LogP contribution in [0, 0.1) is 29.1 Å². The molecule has 2 fully saturated rings. The highest BCUT2D eigenvalue weighted by molar-refractivity contribution is 5.72. The van der Waals surface area contributed by atoms with Gasteiger partial charge >= 0.3 is 5.97 Å². The first-order valence-corrected chi connectivity index (χ1v) is 11.0. The van der Waals surface area contributed by atoms with E-state index in [4.69, 9.17) is 10.00 Å². The third-order valence-electron chi connectivity index (χ3n) is 6.41. The third kappa shape index (κ3) is 7.52. The van der Waals surface area contributed by atoms with Crippen LogP contribution in [0.5, 0.6) is 0 Å². The molecule has 0 heterocycles. The van der Waals surface area contributed by atoms with Crippen LogP contribution in [0.15, 0.2) is 12.2 Å². The molecule has 0 spiro atoms. The monoisotopic (exact) mass is 359 g/mol. The average Bonchev–Trinajstić information content (AvgIpc) is 2.67. The van der Waals surface area contributed by atoms with Crippen LogP contribution in [0.4, 0.5) is 0 Å². The Morgan fingerprint density at radius 3 is 2.31 bits per heavy atom. The van der Waals surface area contributed by atoms with Gasteiger partial charge in [0.25, 0.3) is 0 Å². The lowest BCUT2D eigenvalue weighted by molar-refractivity contribution is -0.157. The number of unbranched alkanes of at least 4 members (excludes halogenated alkanes) is 2. The molecule has 0 saturated heterocycles. The average molecular weight is 360 g/mol. The van der Waals surface area contributed by atoms with Crippen molar-refractivity contribution in [2.24, 2.45) is 17.8 Å². The standard InChI is InChI=1S/C23H37NO2/c1-2-3-5-8-19-10-14-21(15-11-19)23(25)26-22-16-12-20(13-17-22)9-6-4-7-18-24/h4,7,19-22H,2-3,5-6,8-17H2,1H3/t19-,20-,21-,22-. The summed E-state index contributed by atoms with van der Waals surface area (Å²) in [6, 6.07) is 2.04. The number of hydrogen-bond donors (Lipinski definition) is 0. The zero-order chi connectivity index (χ0) is 18.6. The highest BCUT2D eigenvalue weighted by atomic mass is 16.5. The predicted molar refractivity (Wildman–Crippen MR) is 105 cm³/mol. The molecule has 0 amide bonds. The van der Waals surface area contributed by atoms with Gasteiger partial charge in [0.15, 0.2) is 0 Å². The molecule has 0 bridgehead atoms. The normalized spacial score (nSPS) is 29.4. The van der Waals surface area contributed by atoms with E-state index in [0.29, 0.717) is 0 Å². The van der Waals surface area contributed by atoms with Gasteiger partial charge in [0, 0.05) is 6.08 Å². The van der Waals surface area contributed by atoms with E-state index in [1.807, 2.05) is 12.1 Å². The first kappa shape index (κ1) is 21.0. The number of carbonyl (C=O) groups excluding carboxylic acids is 1. The molecule has 0 aromatic heterocycles. The number of hydrogen-bond acceptors (Lipinski definition) is 3. The summed E-state index contributed by atoms with van der Waals surface area (Å²) in [5, 5.41) is 8.51. The quantitative estimate of drug-likeness (QED) is 0.274. The first-order valence-electron chi connectivity index (χ1n) is 11.0. The zero-order valence-electron chi connectivity index (χ0n) is 16.6. The van der Waals surface area contributed by atoms with Gasteiger partial charge in [-0.25, -0.2) is 0 Å². The van der Waals surface area contributed by atoms with Crippen molar-refractivity contribution >= 4 is 5.97 Å². The van der Waals surface area contributed by atoms with Gasteiger partial charge in [-0.2, -0.15) is 5.26 Å². The van der Waals surface area contributed by atoms with Gasteiger partial charge in [0.2, 0.25) is 0 Å². The van der Waals surface area contributed by atoms with E-state index in [2.05, 4.69) is 6.92 Å². The molecule has 146 valence electrons. The van der Waals surface area contributed by atoms with E-state index >= 15 is 0 Å². The van der Waals surface area contributed by atoms with Crippen molar-refractivity contribution < 1.29 is 9.53 Å². The summed E-state index contributed by atoms with van der Waals surface area (Å²) in [6.07, 6.45) is 20.0. The molecule has 2 aliphatic carbocycles. The molecule has 0 aliphatic heterocycles. The predicted octanol–water partition coefficient (Wildman–Crippen LogP) is 6.34. The largest absolute Gasteiger partial charge is 0.462 e. The fraction of sp³-hybridized carbons (Fsp3) is 0.826. The molecule has 3 heteroatoms. The number of ether oxygens (including phenoxy) is 1. The van der Waals surface area contributed by atoms with Crippen LogP contribution in [0.1, 0.15) is 96.8 Å². The highest BCUT2D eigenvalue weighted by Gasteiger charge is 2.30. The Morgan fingerprint density at radius 2 is 1.65 bits per heavy atom. The van der Waals surface area contributed by atoms with Crippen LogP contribution in [-0.4, -0.2) is 12.1 Å². The van der Waals surface area contributed by atoms with Crippen LogP contribution in [0.3, 0.4) is 0 Å². The maximum atomic E-state index is 12.5. The summed E-state index contributed by atoms with van der Waals surface area (Å²) in [5.74, 6) is 1.81. The number of nitriles is 1. The lowest BCUT2D eigenvalue weighted by Gasteiger charge is -2.31. The zero-order valence-corrected chi connectivity index (χ0v) is 16.6. The highest BCUT2D eigenvalue weighted by Crippen LogP contribution is 2.34. The van der Waals surface area contributed by atoms with Crippen molar-refractivity contribution in [3.63, 3.8) is 0 Å². The van der Waals surface area contributed by atoms with Crippen LogP contribution in [0.2, 0.25) is 0 Å². The number of allylic oxidation sites excluding steroid dienone is 2. The molecular formula is C23H37NO2. The molecule has 2 rings (SSSR count). The Hall–Kier alpha value is -1.30. The Balaban J connectivity index is 1.59. The fourth-order valence-corrected chi connectivity index (χ4v) is 4.64. The summed E-state index contributed by atoms with van der Waals surface area (Å²) in [4.78, 5) is 12.5. The van der Waals surface area contributed by atoms with Gasteiger partial charge < -0.3 is 4.74 Å². The Labute approximate surface area is 160 Å². The van der Waals surface area contributed by atoms with Crippen molar-refractivity contribution in [3.8, 4) is 6.07 Å². The van der Waals surface area contributed by atoms with Crippen molar-refractivity contribution in [1.29, 1.82) is 5.26 Å². The van der Waals surface area contributed by atoms with Gasteiger partial charge in [-0.05, 0) is 76.0 Å². The molecule has 0 N–H and O–H groups in total. The maximum absolute atomic E-state index is 12.5. The van der Waals surface area contributed by atoms with E-state index in [0.717, 1.165) is 63.2 Å². The first-order chi connectivity index (χ1) is 12.7. The van der Waals surface area contributed by atoms with E-state index in [-0.39, 0.29) is 18.0 Å². The van der Waals surface area contributed by atoms with Crippen molar-refractivity contribution in [2.75, 3.05) is 0 Å². The van der Waals surface area contributed by atoms with Crippen molar-refractivity contribution in [1.82, 2.24) is 0 Å². The number of carbonyl (C=O) groups is 1. The SMILES string of the molecule is CCCCC[C@H]1CC[C@H](C(=O)O[C@H]2CC[C@H](CCC=CC#N)CC2)CC1. The second-order valence-corrected chi connectivity index (χ2v) is 8.40. The molecule has 0 radical (unpaired) electrons. The molecule has 0 unspecified atom stereocenters. The van der Waals surface area contributed by atoms with E-state index in [9.17, 15) is 4.79 Å². The lowest BCUT2D eigenvalue weighted by atomic mass is 9.79. The van der Waals surface area contributed by atoms with Gasteiger partial charge in [-0.3, -0.25) is 4.79 Å². The topological polar surface area (TPSA) is 50.1 Å². The van der Waals surface area contributed by atoms with E-state index in [1.165, 1.54) is 38.5 Å². The van der Waals surface area contributed by atoms with Gasteiger partial charge in [0.1, 0.15) is 6.10 Å². The van der Waals surface area contributed by atoms with Crippen LogP contribution >= 0.6 is 0 Å². The van der Waals surface area contributed by atoms with Crippen molar-refractivity contribution in [2.45, 2.75) is 103 Å². The summed E-state index contributed by atoms with van der Waals surface area (Å²) >= 11 is 0. The minimum Gasteiger partial charge on any atom is -0.462 e. The second-order valence-electron chi connectivity index (χ2n) is 8.40. The minimum absolute atomic E-state index is 0.0809. The molecule has 3 nitrogen and oxygen atoms in total. The summed E-state index contributed by atoms with van der Waals surface area (Å²) in [6.45, 7) is 2.26. The van der Waals surface area contributed by atoms with E-state index in [1.54, 1.807) is 6.08 Å². The molecule has 0 aromatic rings. The number of esters is 1. The third-order valence-corrected chi connectivity index (χ3v) is 6.41. The Bertz CT molecular complexity index is 463. The van der Waals surface area contributed by atoms with Crippen LogP contribution < -0.4 is 0 Å². The smallest absolute Gasteiger partial charge is 0.309 e. The maximum Gasteiger partial charge on any atom is 0.309 e. The molecular weight excluding hydrogens is 322 g/mol. The van der Waals surface area contributed by atoms with Gasteiger partial charge in [-0.1, -0.05) is 38.7 Å². The molecule has 0 atom stereocenters. The number of nitrogens with zero attached hydrogens (tertiary/aromatic N) is 1. The molecule has 2 saturated carbocycles.